The van der Waals surface area contributed by atoms with E-state index in [1.165, 1.54) is 25.7 Å². The maximum atomic E-state index is 10.5. The summed E-state index contributed by atoms with van der Waals surface area (Å²) in [5.41, 5.74) is -0.405. The summed E-state index contributed by atoms with van der Waals surface area (Å²) in [5, 5.41) is 10.5. The zero-order chi connectivity index (χ0) is 12.2. The van der Waals surface area contributed by atoms with Crippen LogP contribution in [0.3, 0.4) is 0 Å². The molecule has 1 fully saturated rings. The van der Waals surface area contributed by atoms with E-state index in [2.05, 4.69) is 32.7 Å². The minimum absolute atomic E-state index is 0.405. The summed E-state index contributed by atoms with van der Waals surface area (Å²) in [6, 6.07) is 0.575. The molecule has 16 heavy (non-hydrogen) atoms. The summed E-state index contributed by atoms with van der Waals surface area (Å²) >= 11 is 0. The molecule has 0 spiro atoms. The first kappa shape index (κ1) is 14.0. The Labute approximate surface area is 101 Å². The first-order valence-corrected chi connectivity index (χ1v) is 6.85. The van der Waals surface area contributed by atoms with Crippen LogP contribution in [0.4, 0.5) is 0 Å². The number of aliphatic hydroxyl groups is 1. The van der Waals surface area contributed by atoms with Crippen molar-refractivity contribution in [3.63, 3.8) is 0 Å². The fourth-order valence-electron chi connectivity index (χ4n) is 2.85. The molecule has 0 saturated heterocycles. The molecule has 0 aromatic rings. The smallest absolute Gasteiger partial charge is 0.0774 e. The van der Waals surface area contributed by atoms with E-state index in [-0.39, 0.29) is 0 Å². The minimum Gasteiger partial charge on any atom is -0.389 e. The number of rotatable bonds is 5. The van der Waals surface area contributed by atoms with Gasteiger partial charge in [0.05, 0.1) is 5.60 Å². The SMILES string of the molecule is CC(C)CC(C)N(C)CC1(O)CCCCC1. The second-order valence-electron chi connectivity index (χ2n) is 6.18. The van der Waals surface area contributed by atoms with Gasteiger partial charge < -0.3 is 10.0 Å². The van der Waals surface area contributed by atoms with Crippen molar-refractivity contribution in [2.24, 2.45) is 5.92 Å². The van der Waals surface area contributed by atoms with Crippen molar-refractivity contribution in [1.82, 2.24) is 4.90 Å². The first-order chi connectivity index (χ1) is 7.43. The van der Waals surface area contributed by atoms with Crippen molar-refractivity contribution in [2.75, 3.05) is 13.6 Å². The fourth-order valence-corrected chi connectivity index (χ4v) is 2.85. The van der Waals surface area contributed by atoms with E-state index >= 15 is 0 Å². The topological polar surface area (TPSA) is 23.5 Å². The van der Waals surface area contributed by atoms with Crippen molar-refractivity contribution >= 4 is 0 Å². The first-order valence-electron chi connectivity index (χ1n) is 6.85. The van der Waals surface area contributed by atoms with Crippen molar-refractivity contribution < 1.29 is 5.11 Å². The van der Waals surface area contributed by atoms with Crippen LogP contribution in [-0.4, -0.2) is 35.2 Å². The summed E-state index contributed by atoms with van der Waals surface area (Å²) in [6.45, 7) is 7.65. The molecule has 0 bridgehead atoms. The van der Waals surface area contributed by atoms with Gasteiger partial charge >= 0.3 is 0 Å². The highest BCUT2D eigenvalue weighted by molar-refractivity contribution is 4.86. The third kappa shape index (κ3) is 4.42. The molecule has 96 valence electrons. The van der Waals surface area contributed by atoms with E-state index in [9.17, 15) is 5.11 Å². The second kappa shape index (κ2) is 6.02. The molecule has 1 aliphatic rings. The Kier molecular flexibility index (Phi) is 5.26. The number of likely N-dealkylation sites (N-methyl/N-ethyl adjacent to an activating group) is 1. The Bertz CT molecular complexity index is 197. The maximum absolute atomic E-state index is 10.5. The lowest BCUT2D eigenvalue weighted by Gasteiger charge is -2.38. The van der Waals surface area contributed by atoms with Crippen LogP contribution in [0, 0.1) is 5.92 Å². The van der Waals surface area contributed by atoms with Crippen LogP contribution in [0.15, 0.2) is 0 Å². The molecule has 1 rings (SSSR count). The normalized spacial score (nSPS) is 22.7. The molecule has 0 aromatic heterocycles. The van der Waals surface area contributed by atoms with Crippen LogP contribution < -0.4 is 0 Å². The average molecular weight is 227 g/mol. The van der Waals surface area contributed by atoms with Crippen LogP contribution in [0.1, 0.15) is 59.3 Å². The monoisotopic (exact) mass is 227 g/mol. The summed E-state index contributed by atoms with van der Waals surface area (Å²) < 4.78 is 0. The predicted molar refractivity (Wildman–Crippen MR) is 69.6 cm³/mol. The predicted octanol–water partition coefficient (Wildman–Crippen LogP) is 3.05. The van der Waals surface area contributed by atoms with Gasteiger partial charge in [-0.15, -0.1) is 0 Å². The standard InChI is InChI=1S/C14H29NO/c1-12(2)10-13(3)15(4)11-14(16)8-6-5-7-9-14/h12-13,16H,5-11H2,1-4H3. The Hall–Kier alpha value is -0.0800. The van der Waals surface area contributed by atoms with Crippen LogP contribution in [0.25, 0.3) is 0 Å². The molecule has 0 heterocycles. The largest absolute Gasteiger partial charge is 0.389 e. The van der Waals surface area contributed by atoms with Gasteiger partial charge in [0.2, 0.25) is 0 Å². The lowest BCUT2D eigenvalue weighted by atomic mass is 9.84. The van der Waals surface area contributed by atoms with Gasteiger partial charge in [-0.1, -0.05) is 33.1 Å². The highest BCUT2D eigenvalue weighted by Gasteiger charge is 2.31. The molecule has 1 saturated carbocycles. The molecule has 0 radical (unpaired) electrons. The van der Waals surface area contributed by atoms with Gasteiger partial charge in [0.25, 0.3) is 0 Å². The van der Waals surface area contributed by atoms with Crippen molar-refractivity contribution in [3.8, 4) is 0 Å². The number of nitrogens with zero attached hydrogens (tertiary/aromatic N) is 1. The third-order valence-corrected chi connectivity index (χ3v) is 3.89. The van der Waals surface area contributed by atoms with Crippen molar-refractivity contribution in [1.29, 1.82) is 0 Å². The van der Waals surface area contributed by atoms with E-state index in [4.69, 9.17) is 0 Å². The van der Waals surface area contributed by atoms with Gasteiger partial charge in [-0.2, -0.15) is 0 Å². The Morgan fingerprint density at radius 1 is 1.12 bits per heavy atom. The lowest BCUT2D eigenvalue weighted by molar-refractivity contribution is -0.0292. The zero-order valence-corrected chi connectivity index (χ0v) is 11.5. The van der Waals surface area contributed by atoms with Gasteiger partial charge in [-0.3, -0.25) is 0 Å². The van der Waals surface area contributed by atoms with E-state index in [0.29, 0.717) is 6.04 Å². The molecule has 1 atom stereocenters. The summed E-state index contributed by atoms with van der Waals surface area (Å²) in [7, 11) is 2.15. The molecule has 0 amide bonds. The lowest BCUT2D eigenvalue weighted by Crippen LogP contribution is -2.46. The van der Waals surface area contributed by atoms with Crippen molar-refractivity contribution in [3.05, 3.63) is 0 Å². The molecule has 2 heteroatoms. The summed E-state index contributed by atoms with van der Waals surface area (Å²) in [5.74, 6) is 0.735. The van der Waals surface area contributed by atoms with Gasteiger partial charge in [0.1, 0.15) is 0 Å². The van der Waals surface area contributed by atoms with Gasteiger partial charge in [-0.05, 0) is 39.2 Å². The molecule has 2 nitrogen and oxygen atoms in total. The highest BCUT2D eigenvalue weighted by Crippen LogP contribution is 2.29. The Morgan fingerprint density at radius 3 is 2.19 bits per heavy atom. The molecule has 1 aliphatic carbocycles. The summed E-state index contributed by atoms with van der Waals surface area (Å²) in [6.07, 6.45) is 6.89. The molecule has 0 aliphatic heterocycles. The molecule has 0 aromatic carbocycles. The Balaban J connectivity index is 2.39. The zero-order valence-electron chi connectivity index (χ0n) is 11.5. The fraction of sp³-hybridized carbons (Fsp3) is 1.00. The van der Waals surface area contributed by atoms with Crippen LogP contribution in [-0.2, 0) is 0 Å². The van der Waals surface area contributed by atoms with Crippen molar-refractivity contribution in [2.45, 2.75) is 70.9 Å². The molecule has 1 N–H and O–H groups in total. The number of hydrogen-bond donors (Lipinski definition) is 1. The molecule has 1 unspecified atom stereocenters. The van der Waals surface area contributed by atoms with Gasteiger partial charge in [-0.25, -0.2) is 0 Å². The maximum Gasteiger partial charge on any atom is 0.0774 e. The van der Waals surface area contributed by atoms with Crippen LogP contribution in [0.2, 0.25) is 0 Å². The van der Waals surface area contributed by atoms with E-state index in [0.717, 1.165) is 25.3 Å². The molecular formula is C14H29NO. The summed E-state index contributed by atoms with van der Waals surface area (Å²) in [4.78, 5) is 2.34. The Morgan fingerprint density at radius 2 is 1.69 bits per heavy atom. The van der Waals surface area contributed by atoms with Crippen LogP contribution in [0.5, 0.6) is 0 Å². The quantitative estimate of drug-likeness (QED) is 0.780. The van der Waals surface area contributed by atoms with E-state index in [1.807, 2.05) is 0 Å². The van der Waals surface area contributed by atoms with Gasteiger partial charge in [0.15, 0.2) is 0 Å². The van der Waals surface area contributed by atoms with Crippen LogP contribution >= 0.6 is 0 Å². The second-order valence-corrected chi connectivity index (χ2v) is 6.18. The number of hydrogen-bond acceptors (Lipinski definition) is 2. The third-order valence-electron chi connectivity index (χ3n) is 3.89. The van der Waals surface area contributed by atoms with E-state index < -0.39 is 5.60 Å². The van der Waals surface area contributed by atoms with E-state index in [1.54, 1.807) is 0 Å². The van der Waals surface area contributed by atoms with Gasteiger partial charge in [0, 0.05) is 12.6 Å². The molecular weight excluding hydrogens is 198 g/mol. The highest BCUT2D eigenvalue weighted by atomic mass is 16.3. The minimum atomic E-state index is -0.405. The average Bonchev–Trinajstić information content (AvgIpc) is 2.16.